The summed E-state index contributed by atoms with van der Waals surface area (Å²) >= 11 is 0. The fourth-order valence-electron chi connectivity index (χ4n) is 0.755. The first kappa shape index (κ1) is 14.0. The van der Waals surface area contributed by atoms with E-state index in [1.165, 1.54) is 7.11 Å². The minimum Gasteiger partial charge on any atom is -0.468 e. The van der Waals surface area contributed by atoms with Gasteiger partial charge in [-0.15, -0.1) is 0 Å². The Morgan fingerprint density at radius 2 is 1.83 bits per heavy atom. The summed E-state index contributed by atoms with van der Waals surface area (Å²) < 4.78 is 4.45. The lowest BCUT2D eigenvalue weighted by Crippen LogP contribution is -2.32. The van der Waals surface area contributed by atoms with E-state index in [1.807, 2.05) is 27.7 Å². The van der Waals surface area contributed by atoms with Crippen LogP contribution in [0, 0.1) is 5.92 Å². The van der Waals surface area contributed by atoms with Crippen LogP contribution in [0.5, 0.6) is 0 Å². The van der Waals surface area contributed by atoms with Gasteiger partial charge in [-0.25, -0.2) is 0 Å². The molecule has 0 spiro atoms. The molecule has 3 nitrogen and oxygen atoms in total. The normalized spacial score (nSPS) is 11.6. The van der Waals surface area contributed by atoms with Crippen LogP contribution in [0.4, 0.5) is 0 Å². The molecule has 74 valence electrons. The number of ether oxygens (including phenoxy) is 1. The monoisotopic (exact) mass is 175 g/mol. The molecule has 12 heavy (non-hydrogen) atoms. The number of methoxy groups -OCH3 is 1. The van der Waals surface area contributed by atoms with Gasteiger partial charge in [-0.05, 0) is 12.3 Å². The number of esters is 1. The highest BCUT2D eigenvalue weighted by atomic mass is 16.5. The van der Waals surface area contributed by atoms with Crippen molar-refractivity contribution in [3.63, 3.8) is 0 Å². The van der Waals surface area contributed by atoms with E-state index in [0.29, 0.717) is 12.3 Å². The molecule has 0 heterocycles. The molecule has 0 unspecified atom stereocenters. The fourth-order valence-corrected chi connectivity index (χ4v) is 0.755. The molecule has 0 aromatic rings. The van der Waals surface area contributed by atoms with Crippen molar-refractivity contribution in [2.24, 2.45) is 11.7 Å². The molecule has 0 radical (unpaired) electrons. The predicted octanol–water partition coefficient (Wildman–Crippen LogP) is 1.56. The van der Waals surface area contributed by atoms with Crippen LogP contribution in [0.15, 0.2) is 0 Å². The van der Waals surface area contributed by atoms with Gasteiger partial charge in [0.15, 0.2) is 0 Å². The first-order valence-corrected chi connectivity index (χ1v) is 4.41. The zero-order valence-electron chi connectivity index (χ0n) is 8.76. The van der Waals surface area contributed by atoms with Crippen LogP contribution in [0.1, 0.15) is 34.1 Å². The molecule has 0 aromatic heterocycles. The average Bonchev–Trinajstić information content (AvgIpc) is 2.05. The molecule has 1 atom stereocenters. The Bertz CT molecular complexity index is 113. The van der Waals surface area contributed by atoms with Gasteiger partial charge in [0.1, 0.15) is 6.04 Å². The maximum Gasteiger partial charge on any atom is 0.322 e. The minimum atomic E-state index is -0.454. The van der Waals surface area contributed by atoms with Gasteiger partial charge in [-0.2, -0.15) is 0 Å². The van der Waals surface area contributed by atoms with Gasteiger partial charge in [-0.1, -0.05) is 27.7 Å². The van der Waals surface area contributed by atoms with Gasteiger partial charge in [0.05, 0.1) is 7.11 Å². The molecule has 3 heteroatoms. The van der Waals surface area contributed by atoms with Crippen LogP contribution >= 0.6 is 0 Å². The van der Waals surface area contributed by atoms with E-state index in [-0.39, 0.29) is 5.97 Å². The van der Waals surface area contributed by atoms with E-state index in [0.717, 1.165) is 0 Å². The second-order valence-electron chi connectivity index (χ2n) is 2.76. The van der Waals surface area contributed by atoms with Crippen LogP contribution in [0.3, 0.4) is 0 Å². The van der Waals surface area contributed by atoms with Gasteiger partial charge in [0.25, 0.3) is 0 Å². The number of nitrogens with two attached hydrogens (primary N) is 1. The average molecular weight is 175 g/mol. The fraction of sp³-hybridized carbons (Fsp3) is 0.889. The summed E-state index contributed by atoms with van der Waals surface area (Å²) in [6, 6.07) is -0.454. The SMILES string of the molecule is CC.COC(=O)[C@@H](N)CC(C)C. The first-order valence-electron chi connectivity index (χ1n) is 4.41. The molecule has 0 aliphatic carbocycles. The standard InChI is InChI=1S/C7H15NO2.C2H6/c1-5(2)4-6(8)7(9)10-3;1-2/h5-6H,4,8H2,1-3H3;1-2H3/t6-;/m0./s1. The highest BCUT2D eigenvalue weighted by Gasteiger charge is 2.14. The lowest BCUT2D eigenvalue weighted by atomic mass is 10.1. The largest absolute Gasteiger partial charge is 0.468 e. The van der Waals surface area contributed by atoms with Crippen molar-refractivity contribution in [2.75, 3.05) is 7.11 Å². The molecule has 2 N–H and O–H groups in total. The Kier molecular flexibility index (Phi) is 9.93. The second-order valence-corrected chi connectivity index (χ2v) is 2.76. The highest BCUT2D eigenvalue weighted by Crippen LogP contribution is 2.02. The maximum atomic E-state index is 10.7. The van der Waals surface area contributed by atoms with Gasteiger partial charge in [-0.3, -0.25) is 4.79 Å². The van der Waals surface area contributed by atoms with Crippen LogP contribution < -0.4 is 5.73 Å². The topological polar surface area (TPSA) is 52.3 Å². The smallest absolute Gasteiger partial charge is 0.322 e. The summed E-state index contributed by atoms with van der Waals surface area (Å²) in [5.74, 6) is 0.114. The van der Waals surface area contributed by atoms with Crippen molar-refractivity contribution in [2.45, 2.75) is 40.2 Å². The molecule has 0 amide bonds. The number of carbonyl (C=O) groups excluding carboxylic acids is 1. The number of carbonyl (C=O) groups is 1. The molecular formula is C9H21NO2. The van der Waals surface area contributed by atoms with E-state index in [2.05, 4.69) is 4.74 Å². The van der Waals surface area contributed by atoms with Crippen LogP contribution in [0.25, 0.3) is 0 Å². The van der Waals surface area contributed by atoms with Crippen molar-refractivity contribution < 1.29 is 9.53 Å². The number of rotatable bonds is 3. The Labute approximate surface area is 75.3 Å². The third kappa shape index (κ3) is 7.54. The Balaban J connectivity index is 0. The minimum absolute atomic E-state index is 0.325. The lowest BCUT2D eigenvalue weighted by molar-refractivity contribution is -0.142. The molecule has 0 saturated carbocycles. The van der Waals surface area contributed by atoms with Crippen LogP contribution in [-0.4, -0.2) is 19.1 Å². The Hall–Kier alpha value is -0.570. The van der Waals surface area contributed by atoms with E-state index >= 15 is 0 Å². The van der Waals surface area contributed by atoms with Crippen molar-refractivity contribution in [3.05, 3.63) is 0 Å². The van der Waals surface area contributed by atoms with Crippen LogP contribution in [-0.2, 0) is 9.53 Å². The third-order valence-electron chi connectivity index (χ3n) is 1.23. The summed E-state index contributed by atoms with van der Waals surface area (Å²) in [6.45, 7) is 8.03. The summed E-state index contributed by atoms with van der Waals surface area (Å²) in [6.07, 6.45) is 0.687. The highest BCUT2D eigenvalue weighted by molar-refractivity contribution is 5.75. The predicted molar refractivity (Wildman–Crippen MR) is 50.8 cm³/mol. The third-order valence-corrected chi connectivity index (χ3v) is 1.23. The number of hydrogen-bond donors (Lipinski definition) is 1. The summed E-state index contributed by atoms with van der Waals surface area (Å²) in [5, 5.41) is 0. The van der Waals surface area contributed by atoms with E-state index < -0.39 is 6.04 Å². The second kappa shape index (κ2) is 8.53. The molecule has 0 saturated heterocycles. The van der Waals surface area contributed by atoms with Crippen molar-refractivity contribution in [3.8, 4) is 0 Å². The Morgan fingerprint density at radius 3 is 2.08 bits per heavy atom. The summed E-state index contributed by atoms with van der Waals surface area (Å²) in [5.41, 5.74) is 5.45. The van der Waals surface area contributed by atoms with Gasteiger partial charge >= 0.3 is 5.97 Å². The van der Waals surface area contributed by atoms with E-state index in [9.17, 15) is 4.79 Å². The van der Waals surface area contributed by atoms with Gasteiger partial charge in [0, 0.05) is 0 Å². The summed E-state index contributed by atoms with van der Waals surface area (Å²) in [4.78, 5) is 10.7. The zero-order chi connectivity index (χ0) is 10.1. The van der Waals surface area contributed by atoms with Crippen molar-refractivity contribution >= 4 is 5.97 Å². The summed E-state index contributed by atoms with van der Waals surface area (Å²) in [7, 11) is 1.35. The van der Waals surface area contributed by atoms with E-state index in [1.54, 1.807) is 0 Å². The molecule has 0 aliphatic heterocycles. The van der Waals surface area contributed by atoms with Crippen LogP contribution in [0.2, 0.25) is 0 Å². The molecule has 0 aliphatic rings. The van der Waals surface area contributed by atoms with Gasteiger partial charge < -0.3 is 10.5 Å². The number of hydrogen-bond acceptors (Lipinski definition) is 3. The molecule has 0 aromatic carbocycles. The molecular weight excluding hydrogens is 154 g/mol. The molecule has 0 bridgehead atoms. The maximum absolute atomic E-state index is 10.7. The van der Waals surface area contributed by atoms with Crippen molar-refractivity contribution in [1.29, 1.82) is 0 Å². The zero-order valence-corrected chi connectivity index (χ0v) is 8.76. The first-order chi connectivity index (χ1) is 5.57. The lowest BCUT2D eigenvalue weighted by Gasteiger charge is -2.10. The quantitative estimate of drug-likeness (QED) is 0.662. The van der Waals surface area contributed by atoms with E-state index in [4.69, 9.17) is 5.73 Å². The van der Waals surface area contributed by atoms with Gasteiger partial charge in [0.2, 0.25) is 0 Å². The molecule has 0 fully saturated rings. The molecule has 0 rings (SSSR count). The van der Waals surface area contributed by atoms with Crippen molar-refractivity contribution in [1.82, 2.24) is 0 Å². The Morgan fingerprint density at radius 1 is 1.42 bits per heavy atom.